The van der Waals surface area contributed by atoms with Gasteiger partial charge in [-0.1, -0.05) is 29.8 Å². The van der Waals surface area contributed by atoms with Gasteiger partial charge in [-0.2, -0.15) is 0 Å². The first-order chi connectivity index (χ1) is 15.1. The molecule has 2 aliphatic rings. The van der Waals surface area contributed by atoms with E-state index in [2.05, 4.69) is 17.0 Å². The smallest absolute Gasteiger partial charge is 0.228 e. The van der Waals surface area contributed by atoms with Crippen molar-refractivity contribution in [2.45, 2.75) is 19.9 Å². The average molecular weight is 435 g/mol. The van der Waals surface area contributed by atoms with Gasteiger partial charge in [0.15, 0.2) is 0 Å². The monoisotopic (exact) mass is 434 g/mol. The molecular formula is C24H26N4O2S. The molecule has 3 heterocycles. The topological polar surface area (TPSA) is 56.8 Å². The summed E-state index contributed by atoms with van der Waals surface area (Å²) in [5.41, 5.74) is 3.10. The fourth-order valence-electron chi connectivity index (χ4n) is 4.41. The van der Waals surface area contributed by atoms with E-state index in [-0.39, 0.29) is 17.7 Å². The molecule has 0 spiro atoms. The zero-order valence-electron chi connectivity index (χ0n) is 17.7. The van der Waals surface area contributed by atoms with Gasteiger partial charge >= 0.3 is 0 Å². The molecule has 5 rings (SSSR count). The van der Waals surface area contributed by atoms with Crippen LogP contribution in [0.15, 0.2) is 48.5 Å². The van der Waals surface area contributed by atoms with Crippen LogP contribution in [-0.4, -0.2) is 59.3 Å². The highest BCUT2D eigenvalue weighted by molar-refractivity contribution is 7.18. The maximum atomic E-state index is 13.1. The van der Waals surface area contributed by atoms with E-state index in [0.717, 1.165) is 41.4 Å². The molecule has 2 amide bonds. The number of piperazine rings is 1. The average Bonchev–Trinajstić information content (AvgIpc) is 3.37. The summed E-state index contributed by atoms with van der Waals surface area (Å²) in [6, 6.07) is 16.1. The number of aryl methyl sites for hydroxylation is 1. The Hall–Kier alpha value is -2.77. The SMILES string of the molecule is Cc1ccc(N2C[C@@H](C(=O)N3CCN(Cc4nc5ccccc5s4)CC3)CC2=O)cc1. The molecule has 3 aromatic rings. The van der Waals surface area contributed by atoms with Gasteiger partial charge in [-0.15, -0.1) is 11.3 Å². The van der Waals surface area contributed by atoms with Crippen molar-refractivity contribution in [3.05, 3.63) is 59.1 Å². The van der Waals surface area contributed by atoms with E-state index in [4.69, 9.17) is 4.98 Å². The van der Waals surface area contributed by atoms with E-state index in [0.29, 0.717) is 26.1 Å². The molecule has 2 aliphatic heterocycles. The number of anilines is 1. The lowest BCUT2D eigenvalue weighted by Gasteiger charge is -2.35. The fourth-order valence-corrected chi connectivity index (χ4v) is 5.42. The Balaban J connectivity index is 1.16. The van der Waals surface area contributed by atoms with Crippen LogP contribution >= 0.6 is 11.3 Å². The van der Waals surface area contributed by atoms with Crippen LogP contribution in [0.3, 0.4) is 0 Å². The largest absolute Gasteiger partial charge is 0.340 e. The summed E-state index contributed by atoms with van der Waals surface area (Å²) >= 11 is 1.74. The molecule has 6 nitrogen and oxygen atoms in total. The number of thiazole rings is 1. The third-order valence-corrected chi connectivity index (χ3v) is 7.22. The Bertz CT molecular complexity index is 1070. The van der Waals surface area contributed by atoms with Crippen LogP contribution < -0.4 is 4.90 Å². The second-order valence-electron chi connectivity index (χ2n) is 8.42. The molecule has 0 radical (unpaired) electrons. The van der Waals surface area contributed by atoms with E-state index in [1.165, 1.54) is 4.70 Å². The predicted octanol–water partition coefficient (Wildman–Crippen LogP) is 3.30. The lowest BCUT2D eigenvalue weighted by molar-refractivity contribution is -0.137. The summed E-state index contributed by atoms with van der Waals surface area (Å²) in [5.74, 6) is -0.0936. The maximum Gasteiger partial charge on any atom is 0.228 e. The number of rotatable bonds is 4. The van der Waals surface area contributed by atoms with E-state index in [9.17, 15) is 9.59 Å². The molecule has 31 heavy (non-hydrogen) atoms. The summed E-state index contributed by atoms with van der Waals surface area (Å²) < 4.78 is 1.22. The standard InChI is InChI=1S/C24H26N4O2S/c1-17-6-8-19(9-7-17)28-15-18(14-23(28)29)24(30)27-12-10-26(11-13-27)16-22-25-20-4-2-3-5-21(20)31-22/h2-9,18H,10-16H2,1H3/t18-/m0/s1. The van der Waals surface area contributed by atoms with Crippen LogP contribution in [0.1, 0.15) is 17.0 Å². The van der Waals surface area contributed by atoms with Gasteiger partial charge in [0.1, 0.15) is 5.01 Å². The molecule has 2 aromatic carbocycles. The van der Waals surface area contributed by atoms with Crippen molar-refractivity contribution in [2.24, 2.45) is 5.92 Å². The van der Waals surface area contributed by atoms with Gasteiger partial charge in [0.05, 0.1) is 22.7 Å². The Morgan fingerprint density at radius 1 is 1.06 bits per heavy atom. The predicted molar refractivity (Wildman–Crippen MR) is 123 cm³/mol. The summed E-state index contributed by atoms with van der Waals surface area (Å²) in [6.07, 6.45) is 0.304. The van der Waals surface area contributed by atoms with Gasteiger partial charge in [0.2, 0.25) is 11.8 Å². The van der Waals surface area contributed by atoms with E-state index >= 15 is 0 Å². The Kier molecular flexibility index (Phi) is 5.46. The summed E-state index contributed by atoms with van der Waals surface area (Å²) in [5, 5.41) is 1.12. The zero-order chi connectivity index (χ0) is 21.4. The molecule has 0 N–H and O–H groups in total. The van der Waals surface area contributed by atoms with Crippen LogP contribution in [0.5, 0.6) is 0 Å². The number of fused-ring (bicyclic) bond motifs is 1. The molecule has 0 saturated carbocycles. The van der Waals surface area contributed by atoms with Crippen molar-refractivity contribution >= 4 is 39.1 Å². The Morgan fingerprint density at radius 2 is 1.81 bits per heavy atom. The van der Waals surface area contributed by atoms with E-state index < -0.39 is 0 Å². The number of carbonyl (C=O) groups is 2. The summed E-state index contributed by atoms with van der Waals surface area (Å²) in [7, 11) is 0. The minimum Gasteiger partial charge on any atom is -0.340 e. The molecule has 0 unspecified atom stereocenters. The molecule has 7 heteroatoms. The molecule has 0 aliphatic carbocycles. The summed E-state index contributed by atoms with van der Waals surface area (Å²) in [4.78, 5) is 36.4. The number of carbonyl (C=O) groups excluding carboxylic acids is 2. The first-order valence-electron chi connectivity index (χ1n) is 10.8. The molecule has 1 aromatic heterocycles. The van der Waals surface area contributed by atoms with Crippen molar-refractivity contribution in [1.29, 1.82) is 0 Å². The highest BCUT2D eigenvalue weighted by atomic mass is 32.1. The minimum absolute atomic E-state index is 0.0386. The van der Waals surface area contributed by atoms with Gasteiger partial charge < -0.3 is 9.80 Å². The van der Waals surface area contributed by atoms with Crippen molar-refractivity contribution in [2.75, 3.05) is 37.6 Å². The third-order valence-electron chi connectivity index (χ3n) is 6.20. The van der Waals surface area contributed by atoms with Gasteiger partial charge in [0, 0.05) is 44.8 Å². The number of para-hydroxylation sites is 1. The van der Waals surface area contributed by atoms with Gasteiger partial charge in [-0.3, -0.25) is 14.5 Å². The van der Waals surface area contributed by atoms with E-state index in [1.54, 1.807) is 16.2 Å². The van der Waals surface area contributed by atoms with Crippen molar-refractivity contribution in [3.8, 4) is 0 Å². The lowest BCUT2D eigenvalue weighted by atomic mass is 10.1. The van der Waals surface area contributed by atoms with Crippen LogP contribution in [0.4, 0.5) is 5.69 Å². The number of hydrogen-bond acceptors (Lipinski definition) is 5. The Morgan fingerprint density at radius 3 is 2.55 bits per heavy atom. The quantitative estimate of drug-likeness (QED) is 0.632. The second kappa shape index (κ2) is 8.40. The van der Waals surface area contributed by atoms with Crippen LogP contribution in [0, 0.1) is 12.8 Å². The molecule has 2 saturated heterocycles. The highest BCUT2D eigenvalue weighted by Crippen LogP contribution is 2.27. The fraction of sp³-hybridized carbons (Fsp3) is 0.375. The Labute approximate surface area is 186 Å². The number of nitrogens with zero attached hydrogens (tertiary/aromatic N) is 4. The third kappa shape index (κ3) is 4.20. The number of aromatic nitrogens is 1. The van der Waals surface area contributed by atoms with Crippen molar-refractivity contribution < 1.29 is 9.59 Å². The minimum atomic E-state index is -0.246. The molecule has 160 valence electrons. The molecule has 2 fully saturated rings. The maximum absolute atomic E-state index is 13.1. The number of amides is 2. The van der Waals surface area contributed by atoms with Gasteiger partial charge in [-0.25, -0.2) is 4.98 Å². The molecule has 1 atom stereocenters. The summed E-state index contributed by atoms with van der Waals surface area (Å²) in [6.45, 7) is 6.42. The zero-order valence-corrected chi connectivity index (χ0v) is 18.5. The highest BCUT2D eigenvalue weighted by Gasteiger charge is 2.37. The number of benzene rings is 2. The molecule has 0 bridgehead atoms. The first-order valence-corrected chi connectivity index (χ1v) is 11.6. The van der Waals surface area contributed by atoms with Crippen LogP contribution in [-0.2, 0) is 16.1 Å². The van der Waals surface area contributed by atoms with Crippen LogP contribution in [0.25, 0.3) is 10.2 Å². The lowest BCUT2D eigenvalue weighted by Crippen LogP contribution is -2.50. The van der Waals surface area contributed by atoms with Crippen molar-refractivity contribution in [1.82, 2.24) is 14.8 Å². The van der Waals surface area contributed by atoms with E-state index in [1.807, 2.05) is 48.2 Å². The van der Waals surface area contributed by atoms with Gasteiger partial charge in [0.25, 0.3) is 0 Å². The first kappa shape index (κ1) is 20.2. The normalized spacial score (nSPS) is 20.0. The number of hydrogen-bond donors (Lipinski definition) is 0. The van der Waals surface area contributed by atoms with Gasteiger partial charge in [-0.05, 0) is 31.2 Å². The second-order valence-corrected chi connectivity index (χ2v) is 9.53. The van der Waals surface area contributed by atoms with Crippen molar-refractivity contribution in [3.63, 3.8) is 0 Å². The molecular weight excluding hydrogens is 408 g/mol. The van der Waals surface area contributed by atoms with Crippen LogP contribution in [0.2, 0.25) is 0 Å².